The van der Waals surface area contributed by atoms with Crippen molar-refractivity contribution in [2.45, 2.75) is 19.9 Å². The second-order valence-corrected chi connectivity index (χ2v) is 7.46. The Morgan fingerprint density at radius 1 is 0.933 bits per heavy atom. The molecule has 1 aliphatic rings. The van der Waals surface area contributed by atoms with E-state index in [0.717, 1.165) is 31.6 Å². The fourth-order valence-electron chi connectivity index (χ4n) is 3.68. The molecule has 0 radical (unpaired) electrons. The van der Waals surface area contributed by atoms with E-state index in [-0.39, 0.29) is 17.5 Å². The molecule has 1 amide bonds. The van der Waals surface area contributed by atoms with Gasteiger partial charge in [-0.1, -0.05) is 17.3 Å². The fourth-order valence-corrected chi connectivity index (χ4v) is 3.68. The molecule has 0 aliphatic carbocycles. The molecule has 2 aromatic carbocycles. The molecule has 1 saturated heterocycles. The second-order valence-electron chi connectivity index (χ2n) is 7.46. The van der Waals surface area contributed by atoms with Crippen molar-refractivity contribution in [2.24, 2.45) is 0 Å². The van der Waals surface area contributed by atoms with Gasteiger partial charge in [-0.2, -0.15) is 0 Å². The predicted octanol–water partition coefficient (Wildman–Crippen LogP) is 3.20. The Hall–Kier alpha value is -3.13. The van der Waals surface area contributed by atoms with Crippen molar-refractivity contribution in [1.29, 1.82) is 0 Å². The van der Waals surface area contributed by atoms with Gasteiger partial charge in [0.1, 0.15) is 11.6 Å². The molecule has 0 atom stereocenters. The summed E-state index contributed by atoms with van der Waals surface area (Å²) in [5.74, 6) is -0.720. The second kappa shape index (κ2) is 8.71. The Kier molecular flexibility index (Phi) is 5.85. The molecule has 0 saturated carbocycles. The number of hydrogen-bond acceptors (Lipinski definition) is 4. The van der Waals surface area contributed by atoms with Gasteiger partial charge in [0.2, 0.25) is 0 Å². The zero-order chi connectivity index (χ0) is 21.1. The molecule has 3 aromatic rings. The van der Waals surface area contributed by atoms with Crippen LogP contribution in [0.2, 0.25) is 0 Å². The first-order valence-corrected chi connectivity index (χ1v) is 9.95. The highest BCUT2D eigenvalue weighted by Crippen LogP contribution is 2.16. The Balaban J connectivity index is 1.43. The standard InChI is InChI=1S/C22H23F2N5O/c1-16-21(25-26-29(16)20-9-7-19(24)8-10-20)22(30)28-12-2-11-27(13-14-28)15-17-3-5-18(23)6-4-17/h3-10H,2,11-15H2,1H3. The van der Waals surface area contributed by atoms with Gasteiger partial charge >= 0.3 is 0 Å². The zero-order valence-electron chi connectivity index (χ0n) is 16.8. The van der Waals surface area contributed by atoms with E-state index < -0.39 is 0 Å². The van der Waals surface area contributed by atoms with Crippen LogP contribution in [0, 0.1) is 18.6 Å². The quantitative estimate of drug-likeness (QED) is 0.662. The summed E-state index contributed by atoms with van der Waals surface area (Å²) >= 11 is 0. The summed E-state index contributed by atoms with van der Waals surface area (Å²) in [5, 5.41) is 8.18. The minimum atomic E-state index is -0.331. The number of hydrogen-bond donors (Lipinski definition) is 0. The summed E-state index contributed by atoms with van der Waals surface area (Å²) < 4.78 is 27.8. The van der Waals surface area contributed by atoms with Gasteiger partial charge in [0, 0.05) is 32.7 Å². The van der Waals surface area contributed by atoms with Crippen LogP contribution in [0.3, 0.4) is 0 Å². The van der Waals surface area contributed by atoms with Crippen LogP contribution < -0.4 is 0 Å². The van der Waals surface area contributed by atoms with E-state index in [2.05, 4.69) is 15.2 Å². The van der Waals surface area contributed by atoms with Crippen LogP contribution >= 0.6 is 0 Å². The number of amides is 1. The molecular weight excluding hydrogens is 388 g/mol. The first-order chi connectivity index (χ1) is 14.5. The Morgan fingerprint density at radius 3 is 2.30 bits per heavy atom. The molecule has 1 fully saturated rings. The van der Waals surface area contributed by atoms with Gasteiger partial charge in [-0.05, 0) is 55.3 Å². The fraction of sp³-hybridized carbons (Fsp3) is 0.318. The van der Waals surface area contributed by atoms with Crippen LogP contribution in [0.15, 0.2) is 48.5 Å². The van der Waals surface area contributed by atoms with Crippen LogP contribution in [0.4, 0.5) is 8.78 Å². The Bertz CT molecular complexity index is 1020. The molecule has 30 heavy (non-hydrogen) atoms. The summed E-state index contributed by atoms with van der Waals surface area (Å²) in [5.41, 5.74) is 2.64. The van der Waals surface area contributed by atoms with Crippen molar-refractivity contribution in [3.8, 4) is 5.69 Å². The maximum absolute atomic E-state index is 13.2. The molecule has 0 bridgehead atoms. The number of carbonyl (C=O) groups excluding carboxylic acids is 1. The van der Waals surface area contributed by atoms with Crippen molar-refractivity contribution < 1.29 is 13.6 Å². The number of rotatable bonds is 4. The summed E-state index contributed by atoms with van der Waals surface area (Å²) in [4.78, 5) is 17.1. The van der Waals surface area contributed by atoms with Gasteiger partial charge < -0.3 is 4.90 Å². The lowest BCUT2D eigenvalue weighted by atomic mass is 10.2. The number of aromatic nitrogens is 3. The molecule has 6 nitrogen and oxygen atoms in total. The molecule has 4 rings (SSSR count). The minimum absolute atomic E-state index is 0.149. The molecule has 0 N–H and O–H groups in total. The molecule has 1 aliphatic heterocycles. The van der Waals surface area contributed by atoms with Gasteiger partial charge in [0.15, 0.2) is 5.69 Å². The van der Waals surface area contributed by atoms with Crippen LogP contribution in [0.5, 0.6) is 0 Å². The lowest BCUT2D eigenvalue weighted by molar-refractivity contribution is 0.0754. The van der Waals surface area contributed by atoms with Crippen molar-refractivity contribution in [3.63, 3.8) is 0 Å². The first-order valence-electron chi connectivity index (χ1n) is 9.95. The Morgan fingerprint density at radius 2 is 1.60 bits per heavy atom. The minimum Gasteiger partial charge on any atom is -0.336 e. The highest BCUT2D eigenvalue weighted by atomic mass is 19.1. The predicted molar refractivity (Wildman–Crippen MR) is 108 cm³/mol. The van der Waals surface area contributed by atoms with E-state index in [0.29, 0.717) is 30.2 Å². The van der Waals surface area contributed by atoms with E-state index in [1.807, 2.05) is 0 Å². The summed E-state index contributed by atoms with van der Waals surface area (Å²) in [7, 11) is 0. The molecule has 156 valence electrons. The molecule has 0 spiro atoms. The van der Waals surface area contributed by atoms with Crippen molar-refractivity contribution in [2.75, 3.05) is 26.2 Å². The topological polar surface area (TPSA) is 54.3 Å². The van der Waals surface area contributed by atoms with Crippen molar-refractivity contribution in [3.05, 3.63) is 77.1 Å². The third kappa shape index (κ3) is 4.38. The normalized spacial score (nSPS) is 15.2. The summed E-state index contributed by atoms with van der Waals surface area (Å²) in [6, 6.07) is 12.4. The highest BCUT2D eigenvalue weighted by molar-refractivity contribution is 5.93. The van der Waals surface area contributed by atoms with Crippen LogP contribution in [-0.4, -0.2) is 56.9 Å². The van der Waals surface area contributed by atoms with Gasteiger partial charge in [0.25, 0.3) is 5.91 Å². The van der Waals surface area contributed by atoms with E-state index in [9.17, 15) is 13.6 Å². The van der Waals surface area contributed by atoms with E-state index >= 15 is 0 Å². The van der Waals surface area contributed by atoms with Crippen molar-refractivity contribution in [1.82, 2.24) is 24.8 Å². The number of carbonyl (C=O) groups is 1. The van der Waals surface area contributed by atoms with Gasteiger partial charge in [-0.3, -0.25) is 9.69 Å². The summed E-state index contributed by atoms with van der Waals surface area (Å²) in [6.45, 7) is 5.33. The zero-order valence-corrected chi connectivity index (χ0v) is 16.8. The third-order valence-electron chi connectivity index (χ3n) is 5.36. The van der Waals surface area contributed by atoms with E-state index in [1.165, 1.54) is 24.3 Å². The third-order valence-corrected chi connectivity index (χ3v) is 5.36. The number of halogens is 2. The largest absolute Gasteiger partial charge is 0.336 e. The van der Waals surface area contributed by atoms with Gasteiger partial charge in [-0.25, -0.2) is 13.5 Å². The molecular formula is C22H23F2N5O. The van der Waals surface area contributed by atoms with Crippen molar-refractivity contribution >= 4 is 5.91 Å². The first kappa shape index (κ1) is 20.2. The molecule has 1 aromatic heterocycles. The SMILES string of the molecule is Cc1c(C(=O)N2CCCN(Cc3ccc(F)cc3)CC2)nnn1-c1ccc(F)cc1. The lowest BCUT2D eigenvalue weighted by Gasteiger charge is -2.21. The number of nitrogens with zero attached hydrogens (tertiary/aromatic N) is 5. The van der Waals surface area contributed by atoms with Gasteiger partial charge in [-0.15, -0.1) is 5.10 Å². The van der Waals surface area contributed by atoms with Crippen LogP contribution in [-0.2, 0) is 6.54 Å². The lowest BCUT2D eigenvalue weighted by Crippen LogP contribution is -2.35. The van der Waals surface area contributed by atoms with E-state index in [4.69, 9.17) is 0 Å². The van der Waals surface area contributed by atoms with Gasteiger partial charge in [0.05, 0.1) is 11.4 Å². The van der Waals surface area contributed by atoms with Crippen LogP contribution in [0.25, 0.3) is 5.69 Å². The smallest absolute Gasteiger partial charge is 0.276 e. The average Bonchev–Trinajstić information content (AvgIpc) is 2.97. The number of benzene rings is 2. The molecule has 2 heterocycles. The highest BCUT2D eigenvalue weighted by Gasteiger charge is 2.25. The maximum atomic E-state index is 13.2. The molecule has 0 unspecified atom stereocenters. The van der Waals surface area contributed by atoms with E-state index in [1.54, 1.807) is 40.8 Å². The summed E-state index contributed by atoms with van der Waals surface area (Å²) in [6.07, 6.45) is 0.845. The van der Waals surface area contributed by atoms with Crippen LogP contribution in [0.1, 0.15) is 28.2 Å². The monoisotopic (exact) mass is 411 g/mol. The Labute approximate surface area is 173 Å². The average molecular weight is 411 g/mol. The maximum Gasteiger partial charge on any atom is 0.276 e. The molecule has 8 heteroatoms.